The van der Waals surface area contributed by atoms with E-state index in [0.29, 0.717) is 11.5 Å². The van der Waals surface area contributed by atoms with Crippen molar-refractivity contribution < 1.29 is 9.13 Å². The third-order valence-corrected chi connectivity index (χ3v) is 4.72. The van der Waals surface area contributed by atoms with Crippen LogP contribution < -0.4 is 5.73 Å². The Bertz CT molecular complexity index is 446. The van der Waals surface area contributed by atoms with Gasteiger partial charge in [-0.25, -0.2) is 4.39 Å². The molecule has 2 heterocycles. The van der Waals surface area contributed by atoms with E-state index in [4.69, 9.17) is 10.5 Å². The molecule has 1 saturated carbocycles. The highest BCUT2D eigenvalue weighted by atomic mass is 19.1. The molecule has 2 unspecified atom stereocenters. The number of rotatable bonds is 2. The average molecular weight is 264 g/mol. The number of halogens is 1. The topological polar surface area (TPSA) is 48.1 Å². The predicted octanol–water partition coefficient (Wildman–Crippen LogP) is 2.96. The van der Waals surface area contributed by atoms with Crippen LogP contribution >= 0.6 is 0 Å². The molecule has 1 aromatic rings. The van der Waals surface area contributed by atoms with Gasteiger partial charge in [0.1, 0.15) is 5.82 Å². The summed E-state index contributed by atoms with van der Waals surface area (Å²) in [4.78, 5) is 3.79. The van der Waals surface area contributed by atoms with Crippen LogP contribution in [0, 0.1) is 11.7 Å². The van der Waals surface area contributed by atoms with Crippen molar-refractivity contribution in [1.82, 2.24) is 4.98 Å². The molecule has 3 nitrogen and oxygen atoms in total. The van der Waals surface area contributed by atoms with Crippen LogP contribution in [0.4, 0.5) is 4.39 Å². The SMILES string of the molecule is NC(c1ccncc1F)C1CCOC2(CCCC2)C1. The van der Waals surface area contributed by atoms with Crippen LogP contribution in [0.2, 0.25) is 0 Å². The highest BCUT2D eigenvalue weighted by Crippen LogP contribution is 2.44. The van der Waals surface area contributed by atoms with Gasteiger partial charge in [0.25, 0.3) is 0 Å². The molecule has 1 aromatic heterocycles. The number of aromatic nitrogens is 1. The number of ether oxygens (including phenoxy) is 1. The quantitative estimate of drug-likeness (QED) is 0.893. The molecule has 1 saturated heterocycles. The Morgan fingerprint density at radius 2 is 2.21 bits per heavy atom. The van der Waals surface area contributed by atoms with E-state index in [9.17, 15) is 4.39 Å². The van der Waals surface area contributed by atoms with Crippen molar-refractivity contribution in [2.75, 3.05) is 6.61 Å². The number of pyridine rings is 1. The first-order valence-electron chi connectivity index (χ1n) is 7.19. The maximum Gasteiger partial charge on any atom is 0.146 e. The lowest BCUT2D eigenvalue weighted by molar-refractivity contribution is -0.0965. The van der Waals surface area contributed by atoms with Crippen LogP contribution in [0.1, 0.15) is 50.1 Å². The minimum atomic E-state index is -0.290. The van der Waals surface area contributed by atoms with Crippen molar-refractivity contribution in [1.29, 1.82) is 0 Å². The predicted molar refractivity (Wildman–Crippen MR) is 71.0 cm³/mol. The molecule has 2 atom stereocenters. The van der Waals surface area contributed by atoms with Gasteiger partial charge in [-0.1, -0.05) is 12.8 Å². The van der Waals surface area contributed by atoms with Crippen LogP contribution in [-0.4, -0.2) is 17.2 Å². The van der Waals surface area contributed by atoms with E-state index in [1.165, 1.54) is 19.0 Å². The van der Waals surface area contributed by atoms with Crippen LogP contribution in [-0.2, 0) is 4.74 Å². The maximum atomic E-state index is 13.8. The Morgan fingerprint density at radius 1 is 1.42 bits per heavy atom. The zero-order valence-electron chi connectivity index (χ0n) is 11.1. The smallest absolute Gasteiger partial charge is 0.146 e. The van der Waals surface area contributed by atoms with Crippen molar-refractivity contribution in [3.63, 3.8) is 0 Å². The van der Waals surface area contributed by atoms with Gasteiger partial charge in [0.15, 0.2) is 0 Å². The van der Waals surface area contributed by atoms with Gasteiger partial charge in [-0.3, -0.25) is 4.98 Å². The summed E-state index contributed by atoms with van der Waals surface area (Å²) in [6.45, 7) is 0.755. The molecule has 0 aromatic carbocycles. The van der Waals surface area contributed by atoms with Gasteiger partial charge in [0.05, 0.1) is 11.8 Å². The molecule has 2 aliphatic rings. The first-order valence-corrected chi connectivity index (χ1v) is 7.19. The minimum absolute atomic E-state index is 0.0318. The van der Waals surface area contributed by atoms with Gasteiger partial charge in [-0.2, -0.15) is 0 Å². The number of nitrogens with two attached hydrogens (primary N) is 1. The summed E-state index contributed by atoms with van der Waals surface area (Å²) in [5, 5.41) is 0. The normalized spacial score (nSPS) is 27.6. The first kappa shape index (κ1) is 13.0. The zero-order chi connectivity index (χ0) is 13.3. The van der Waals surface area contributed by atoms with E-state index in [2.05, 4.69) is 4.98 Å². The van der Waals surface area contributed by atoms with Crippen LogP contribution in [0.3, 0.4) is 0 Å². The summed E-state index contributed by atoms with van der Waals surface area (Å²) < 4.78 is 19.8. The van der Waals surface area contributed by atoms with Crippen LogP contribution in [0.5, 0.6) is 0 Å². The third-order valence-electron chi connectivity index (χ3n) is 4.72. The summed E-state index contributed by atoms with van der Waals surface area (Å²) in [7, 11) is 0. The second kappa shape index (κ2) is 5.17. The molecule has 1 spiro atoms. The number of nitrogens with zero attached hydrogens (tertiary/aromatic N) is 1. The molecular weight excluding hydrogens is 243 g/mol. The second-order valence-electron chi connectivity index (χ2n) is 5.91. The van der Waals surface area contributed by atoms with Crippen molar-refractivity contribution in [3.05, 3.63) is 29.8 Å². The molecule has 1 aliphatic carbocycles. The average Bonchev–Trinajstić information content (AvgIpc) is 2.86. The fourth-order valence-corrected chi connectivity index (χ4v) is 3.65. The van der Waals surface area contributed by atoms with Crippen LogP contribution in [0.15, 0.2) is 18.5 Å². The number of hydrogen-bond acceptors (Lipinski definition) is 3. The Morgan fingerprint density at radius 3 is 2.95 bits per heavy atom. The molecule has 2 N–H and O–H groups in total. The molecule has 3 rings (SSSR count). The van der Waals surface area contributed by atoms with E-state index in [0.717, 1.165) is 32.3 Å². The maximum absolute atomic E-state index is 13.8. The monoisotopic (exact) mass is 264 g/mol. The third kappa shape index (κ3) is 2.51. The fraction of sp³-hybridized carbons (Fsp3) is 0.667. The molecule has 0 bridgehead atoms. The zero-order valence-corrected chi connectivity index (χ0v) is 11.1. The lowest BCUT2D eigenvalue weighted by atomic mass is 9.79. The molecular formula is C15H21FN2O. The highest BCUT2D eigenvalue weighted by Gasteiger charge is 2.41. The second-order valence-corrected chi connectivity index (χ2v) is 5.91. The molecule has 4 heteroatoms. The highest BCUT2D eigenvalue weighted by molar-refractivity contribution is 5.18. The first-order chi connectivity index (χ1) is 9.20. The van der Waals surface area contributed by atoms with E-state index < -0.39 is 0 Å². The summed E-state index contributed by atoms with van der Waals surface area (Å²) in [6.07, 6.45) is 9.50. The molecule has 0 radical (unpaired) electrons. The minimum Gasteiger partial charge on any atom is -0.375 e. The van der Waals surface area contributed by atoms with Crippen LogP contribution in [0.25, 0.3) is 0 Å². The fourth-order valence-electron chi connectivity index (χ4n) is 3.65. The molecule has 19 heavy (non-hydrogen) atoms. The lowest BCUT2D eigenvalue weighted by Crippen LogP contribution is -2.40. The summed E-state index contributed by atoms with van der Waals surface area (Å²) in [5.41, 5.74) is 6.92. The molecule has 1 aliphatic heterocycles. The van der Waals surface area contributed by atoms with E-state index in [1.807, 2.05) is 0 Å². The molecule has 104 valence electrons. The standard InChI is InChI=1S/C15H21FN2O/c16-13-10-18-7-3-12(13)14(17)11-4-8-19-15(9-11)5-1-2-6-15/h3,7,10-11,14H,1-2,4-6,8-9,17H2. The van der Waals surface area contributed by atoms with Gasteiger partial charge in [-0.15, -0.1) is 0 Å². The molecule has 0 amide bonds. The largest absolute Gasteiger partial charge is 0.375 e. The lowest BCUT2D eigenvalue weighted by Gasteiger charge is -2.40. The van der Waals surface area contributed by atoms with Crippen molar-refractivity contribution in [2.45, 2.75) is 50.2 Å². The van der Waals surface area contributed by atoms with Crippen molar-refractivity contribution in [3.8, 4) is 0 Å². The summed E-state index contributed by atoms with van der Waals surface area (Å²) >= 11 is 0. The molecule has 2 fully saturated rings. The van der Waals surface area contributed by atoms with Gasteiger partial charge in [0.2, 0.25) is 0 Å². The van der Waals surface area contributed by atoms with E-state index >= 15 is 0 Å². The number of hydrogen-bond donors (Lipinski definition) is 1. The summed E-state index contributed by atoms with van der Waals surface area (Å²) in [5.74, 6) is 0.0192. The summed E-state index contributed by atoms with van der Waals surface area (Å²) in [6, 6.07) is 1.46. The Labute approximate surface area is 113 Å². The van der Waals surface area contributed by atoms with Gasteiger partial charge < -0.3 is 10.5 Å². The van der Waals surface area contributed by atoms with Crippen molar-refractivity contribution >= 4 is 0 Å². The van der Waals surface area contributed by atoms with E-state index in [1.54, 1.807) is 12.3 Å². The van der Waals surface area contributed by atoms with Gasteiger partial charge in [-0.05, 0) is 37.7 Å². The van der Waals surface area contributed by atoms with Gasteiger partial charge in [0, 0.05) is 24.4 Å². The van der Waals surface area contributed by atoms with E-state index in [-0.39, 0.29) is 17.5 Å². The Hall–Kier alpha value is -1.00. The van der Waals surface area contributed by atoms with Gasteiger partial charge >= 0.3 is 0 Å². The van der Waals surface area contributed by atoms with Crippen molar-refractivity contribution in [2.24, 2.45) is 11.7 Å². The Kier molecular flexibility index (Phi) is 3.54. The Balaban J connectivity index is 1.76.